The fourth-order valence-corrected chi connectivity index (χ4v) is 3.10. The van der Waals surface area contributed by atoms with Crippen molar-refractivity contribution in [3.05, 3.63) is 89.4 Å². The first-order valence-corrected chi connectivity index (χ1v) is 9.85. The van der Waals surface area contributed by atoms with Crippen molar-refractivity contribution in [3.63, 3.8) is 0 Å². The van der Waals surface area contributed by atoms with Gasteiger partial charge in [-0.3, -0.25) is 9.59 Å². The maximum Gasteiger partial charge on any atom is 0.329 e. The first-order chi connectivity index (χ1) is 14.9. The quantitative estimate of drug-likeness (QED) is 0.544. The Morgan fingerprint density at radius 2 is 1.65 bits per heavy atom. The lowest BCUT2D eigenvalue weighted by Gasteiger charge is -2.17. The first-order valence-electron chi connectivity index (χ1n) is 9.85. The van der Waals surface area contributed by atoms with Gasteiger partial charge in [-0.1, -0.05) is 48.5 Å². The van der Waals surface area contributed by atoms with Gasteiger partial charge in [-0.25, -0.2) is 4.79 Å². The monoisotopic (exact) mass is 420 g/mol. The molecule has 0 radical (unpaired) electrons. The average molecular weight is 420 g/mol. The molecule has 0 aliphatic heterocycles. The summed E-state index contributed by atoms with van der Waals surface area (Å²) >= 11 is 0. The second-order valence-electron chi connectivity index (χ2n) is 7.12. The third kappa shape index (κ3) is 6.05. The summed E-state index contributed by atoms with van der Waals surface area (Å²) in [6.45, 7) is 3.30. The van der Waals surface area contributed by atoms with Gasteiger partial charge in [0.2, 0.25) is 0 Å². The Kier molecular flexibility index (Phi) is 7.22. The van der Waals surface area contributed by atoms with Crippen molar-refractivity contribution < 1.29 is 23.5 Å². The van der Waals surface area contributed by atoms with Crippen LogP contribution >= 0.6 is 0 Å². The summed E-state index contributed by atoms with van der Waals surface area (Å²) < 4.78 is 10.3. The highest BCUT2D eigenvalue weighted by Crippen LogP contribution is 2.19. The molecule has 0 spiro atoms. The lowest BCUT2D eigenvalue weighted by molar-refractivity contribution is -0.149. The van der Waals surface area contributed by atoms with Crippen molar-refractivity contribution in [2.75, 3.05) is 11.9 Å². The molecule has 0 bridgehead atoms. The normalized spacial score (nSPS) is 11.4. The highest BCUT2D eigenvalue weighted by atomic mass is 16.5. The number of benzene rings is 2. The van der Waals surface area contributed by atoms with Gasteiger partial charge >= 0.3 is 5.97 Å². The highest BCUT2D eigenvalue weighted by molar-refractivity contribution is 5.96. The molecule has 7 heteroatoms. The Hall–Kier alpha value is -3.87. The summed E-state index contributed by atoms with van der Waals surface area (Å²) in [7, 11) is 0. The van der Waals surface area contributed by atoms with Crippen molar-refractivity contribution in [3.8, 4) is 0 Å². The van der Waals surface area contributed by atoms with Gasteiger partial charge in [-0.05, 0) is 42.7 Å². The van der Waals surface area contributed by atoms with E-state index < -0.39 is 30.4 Å². The predicted octanol–water partition coefficient (Wildman–Crippen LogP) is 3.42. The SMILES string of the molecule is Cc1cccc(C)c1NC(=O)COC(=O)[C@@H](Cc1ccccc1)NC(=O)c1ccco1. The van der Waals surface area contributed by atoms with Gasteiger partial charge in [0.25, 0.3) is 11.8 Å². The number of esters is 1. The molecule has 31 heavy (non-hydrogen) atoms. The molecule has 2 N–H and O–H groups in total. The van der Waals surface area contributed by atoms with Gasteiger partial charge in [0.05, 0.1) is 6.26 Å². The van der Waals surface area contributed by atoms with Gasteiger partial charge in [0, 0.05) is 12.1 Å². The minimum absolute atomic E-state index is 0.0821. The average Bonchev–Trinajstić information content (AvgIpc) is 3.30. The van der Waals surface area contributed by atoms with Gasteiger partial charge in [-0.15, -0.1) is 0 Å². The summed E-state index contributed by atoms with van der Waals surface area (Å²) in [6, 6.07) is 17.0. The van der Waals surface area contributed by atoms with Crippen LogP contribution in [0.1, 0.15) is 27.2 Å². The zero-order valence-electron chi connectivity index (χ0n) is 17.4. The number of nitrogens with one attached hydrogen (secondary N) is 2. The Morgan fingerprint density at radius 1 is 0.935 bits per heavy atom. The molecule has 2 amide bonds. The van der Waals surface area contributed by atoms with Crippen molar-refractivity contribution in [1.82, 2.24) is 5.32 Å². The van der Waals surface area contributed by atoms with E-state index in [1.54, 1.807) is 6.07 Å². The number of hydrogen-bond donors (Lipinski definition) is 2. The molecule has 1 atom stereocenters. The molecule has 7 nitrogen and oxygen atoms in total. The summed E-state index contributed by atoms with van der Waals surface area (Å²) in [5, 5.41) is 5.39. The van der Waals surface area contributed by atoms with E-state index in [1.165, 1.54) is 12.3 Å². The molecule has 1 heterocycles. The van der Waals surface area contributed by atoms with Crippen LogP contribution in [0.15, 0.2) is 71.3 Å². The maximum atomic E-state index is 12.7. The van der Waals surface area contributed by atoms with Crippen LogP contribution in [-0.4, -0.2) is 30.4 Å². The fraction of sp³-hybridized carbons (Fsp3) is 0.208. The first kappa shape index (κ1) is 21.8. The molecule has 0 aliphatic carbocycles. The number of furan rings is 1. The Labute approximate surface area is 180 Å². The van der Waals surface area contributed by atoms with Crippen LogP contribution in [0.3, 0.4) is 0 Å². The number of rotatable bonds is 8. The van der Waals surface area contributed by atoms with Gasteiger partial charge in [-0.2, -0.15) is 0 Å². The van der Waals surface area contributed by atoms with E-state index in [0.29, 0.717) is 5.69 Å². The number of anilines is 1. The van der Waals surface area contributed by atoms with E-state index in [1.807, 2.05) is 62.4 Å². The minimum atomic E-state index is -0.979. The maximum absolute atomic E-state index is 12.7. The van der Waals surface area contributed by atoms with E-state index in [4.69, 9.17) is 9.15 Å². The molecule has 0 fully saturated rings. The molecule has 1 aromatic heterocycles. The minimum Gasteiger partial charge on any atom is -0.459 e. The summed E-state index contributed by atoms with van der Waals surface area (Å²) in [4.78, 5) is 37.4. The predicted molar refractivity (Wildman–Crippen MR) is 116 cm³/mol. The summed E-state index contributed by atoms with van der Waals surface area (Å²) in [5.74, 6) is -1.62. The second kappa shape index (κ2) is 10.2. The third-order valence-electron chi connectivity index (χ3n) is 4.71. The summed E-state index contributed by atoms with van der Waals surface area (Å²) in [6.07, 6.45) is 1.59. The molecule has 3 aromatic rings. The van der Waals surface area contributed by atoms with Gasteiger partial charge < -0.3 is 19.8 Å². The van der Waals surface area contributed by atoms with Crippen LogP contribution in [0, 0.1) is 13.8 Å². The van der Waals surface area contributed by atoms with Crippen molar-refractivity contribution in [2.45, 2.75) is 26.3 Å². The van der Waals surface area contributed by atoms with Gasteiger partial charge in [0.1, 0.15) is 6.04 Å². The molecular formula is C24H24N2O5. The lowest BCUT2D eigenvalue weighted by Crippen LogP contribution is -2.44. The van der Waals surface area contributed by atoms with E-state index in [2.05, 4.69) is 10.6 Å². The van der Waals surface area contributed by atoms with Gasteiger partial charge in [0.15, 0.2) is 12.4 Å². The van der Waals surface area contributed by atoms with Crippen LogP contribution in [0.5, 0.6) is 0 Å². The number of carbonyl (C=O) groups excluding carboxylic acids is 3. The van der Waals surface area contributed by atoms with E-state index >= 15 is 0 Å². The van der Waals surface area contributed by atoms with Crippen LogP contribution in [0.4, 0.5) is 5.69 Å². The van der Waals surface area contributed by atoms with Crippen LogP contribution < -0.4 is 10.6 Å². The second-order valence-corrected chi connectivity index (χ2v) is 7.12. The molecule has 0 saturated carbocycles. The number of carbonyl (C=O) groups is 3. The lowest BCUT2D eigenvalue weighted by atomic mass is 10.1. The molecule has 0 unspecified atom stereocenters. The van der Waals surface area contributed by atoms with Crippen LogP contribution in [0.25, 0.3) is 0 Å². The topological polar surface area (TPSA) is 97.6 Å². The number of amides is 2. The zero-order valence-corrected chi connectivity index (χ0v) is 17.4. The number of aryl methyl sites for hydroxylation is 2. The highest BCUT2D eigenvalue weighted by Gasteiger charge is 2.25. The summed E-state index contributed by atoms with van der Waals surface area (Å²) in [5.41, 5.74) is 3.35. The van der Waals surface area contributed by atoms with E-state index in [-0.39, 0.29) is 12.2 Å². The Bertz CT molecular complexity index is 1020. The van der Waals surface area contributed by atoms with Crippen LogP contribution in [0.2, 0.25) is 0 Å². The Balaban J connectivity index is 1.64. The molecular weight excluding hydrogens is 396 g/mol. The Morgan fingerprint density at radius 3 is 2.29 bits per heavy atom. The number of hydrogen-bond acceptors (Lipinski definition) is 5. The standard InChI is InChI=1S/C24H24N2O5/c1-16-8-6-9-17(2)22(16)26-21(27)15-31-24(29)19(14-18-10-4-3-5-11-18)25-23(28)20-12-7-13-30-20/h3-13,19H,14-15H2,1-2H3,(H,25,28)(H,26,27)/t19-/m1/s1. The molecule has 0 aliphatic rings. The molecule has 2 aromatic carbocycles. The largest absolute Gasteiger partial charge is 0.459 e. The molecule has 0 saturated heterocycles. The van der Waals surface area contributed by atoms with E-state index in [0.717, 1.165) is 16.7 Å². The molecule has 160 valence electrons. The zero-order chi connectivity index (χ0) is 22.2. The van der Waals surface area contributed by atoms with E-state index in [9.17, 15) is 14.4 Å². The number of ether oxygens (including phenoxy) is 1. The number of para-hydroxylation sites is 1. The third-order valence-corrected chi connectivity index (χ3v) is 4.71. The molecule has 3 rings (SSSR count). The van der Waals surface area contributed by atoms with Crippen molar-refractivity contribution >= 4 is 23.5 Å². The fourth-order valence-electron chi connectivity index (χ4n) is 3.10. The van der Waals surface area contributed by atoms with Crippen molar-refractivity contribution in [2.24, 2.45) is 0 Å². The smallest absolute Gasteiger partial charge is 0.329 e. The van der Waals surface area contributed by atoms with Crippen LogP contribution in [-0.2, 0) is 20.7 Å². The van der Waals surface area contributed by atoms with Crippen molar-refractivity contribution in [1.29, 1.82) is 0 Å².